The lowest BCUT2D eigenvalue weighted by atomic mass is 10.0. The zero-order valence-electron chi connectivity index (χ0n) is 8.59. The summed E-state index contributed by atoms with van der Waals surface area (Å²) >= 11 is 0. The summed E-state index contributed by atoms with van der Waals surface area (Å²) in [6.45, 7) is 0. The number of halogens is 14. The largest absolute Gasteiger partial charge is 0.830 e. The standard InChI is InChI=1S/C4F9O.F5N2/c5-2(6,7)1(14,3(8,9)10)4(11,12)13;1-6(2)7(3,4)5/q-1;+1. The third-order valence-electron chi connectivity index (χ3n) is 1.37. The van der Waals surface area contributed by atoms with Crippen LogP contribution in [0.3, 0.4) is 0 Å². The minimum absolute atomic E-state index is 2.88. The lowest BCUT2D eigenvalue weighted by Crippen LogP contribution is -2.74. The maximum absolute atomic E-state index is 11.3. The molecule has 0 spiro atoms. The fourth-order valence-corrected chi connectivity index (χ4v) is 0.482. The molecule has 3 nitrogen and oxygen atoms in total. The molecule has 0 aliphatic heterocycles. The number of hydrogen-bond donors (Lipinski definition) is 0. The second-order valence-corrected chi connectivity index (χ2v) is 2.81. The van der Waals surface area contributed by atoms with Crippen molar-refractivity contribution in [2.24, 2.45) is 0 Å². The van der Waals surface area contributed by atoms with Crippen molar-refractivity contribution in [2.45, 2.75) is 24.1 Å². The number of rotatable bonds is 1. The van der Waals surface area contributed by atoms with Gasteiger partial charge in [0.2, 0.25) is 0 Å². The number of alkyl halides is 9. The molecule has 0 atom stereocenters. The lowest BCUT2D eigenvalue weighted by Gasteiger charge is -2.43. The summed E-state index contributed by atoms with van der Waals surface area (Å²) in [5.74, 6) is 0. The Balaban J connectivity index is 0. The molecule has 0 aliphatic rings. The molecule has 21 heavy (non-hydrogen) atoms. The molecule has 0 N–H and O–H groups in total. The van der Waals surface area contributed by atoms with Gasteiger partial charge in [-0.05, 0) is 8.96 Å². The molecule has 0 saturated carbocycles. The summed E-state index contributed by atoms with van der Waals surface area (Å²) in [7, 11) is 0. The van der Waals surface area contributed by atoms with E-state index in [1.54, 1.807) is 0 Å². The van der Waals surface area contributed by atoms with Crippen LogP contribution in [0, 0.1) is 0 Å². The maximum atomic E-state index is 11.3. The van der Waals surface area contributed by atoms with Crippen LogP contribution in [0.15, 0.2) is 0 Å². The molecular weight excluding hydrogens is 358 g/mol. The Kier molecular flexibility index (Phi) is 6.29. The first kappa shape index (κ1) is 22.2. The van der Waals surface area contributed by atoms with Gasteiger partial charge >= 0.3 is 29.2 Å². The average molecular weight is 358 g/mol. The molecule has 0 radical (unpaired) electrons. The molecule has 0 fully saturated rings. The highest BCUT2D eigenvalue weighted by Crippen LogP contribution is 2.50. The number of hydrogen-bond acceptors (Lipinski definition) is 2. The van der Waals surface area contributed by atoms with Crippen LogP contribution in [0.5, 0.6) is 0 Å². The van der Waals surface area contributed by atoms with Gasteiger partial charge in [0, 0.05) is 0 Å². The van der Waals surface area contributed by atoms with Crippen molar-refractivity contribution < 1.29 is 72.3 Å². The van der Waals surface area contributed by atoms with E-state index in [4.69, 9.17) is 0 Å². The van der Waals surface area contributed by atoms with Gasteiger partial charge in [0.1, 0.15) is 13.4 Å². The van der Waals surface area contributed by atoms with E-state index in [1.807, 2.05) is 0 Å². The first-order chi connectivity index (χ1) is 8.69. The van der Waals surface area contributed by atoms with E-state index in [0.29, 0.717) is 0 Å². The highest BCUT2D eigenvalue weighted by Gasteiger charge is 2.75. The van der Waals surface area contributed by atoms with Gasteiger partial charge < -0.3 is 5.11 Å². The molecular formula is C4F14N2O. The Morgan fingerprint density at radius 3 is 0.762 bits per heavy atom. The fourth-order valence-electron chi connectivity index (χ4n) is 0.482. The van der Waals surface area contributed by atoms with E-state index in [1.165, 1.54) is 0 Å². The maximum Gasteiger partial charge on any atom is 0.397 e. The summed E-state index contributed by atoms with van der Waals surface area (Å²) in [5, 5.41) is 4.85. The van der Waals surface area contributed by atoms with Gasteiger partial charge in [-0.15, -0.1) is 0 Å². The molecule has 130 valence electrons. The van der Waals surface area contributed by atoms with Gasteiger partial charge in [0.05, 0.1) is 0 Å². The van der Waals surface area contributed by atoms with Crippen LogP contribution in [0.1, 0.15) is 0 Å². The van der Waals surface area contributed by atoms with Crippen LogP contribution in [0.2, 0.25) is 0 Å². The Hall–Kier alpha value is -1.10. The molecule has 0 heterocycles. The molecule has 0 aliphatic carbocycles. The van der Waals surface area contributed by atoms with Gasteiger partial charge in [-0.1, -0.05) is 0 Å². The van der Waals surface area contributed by atoms with Crippen molar-refractivity contribution in [3.63, 3.8) is 0 Å². The van der Waals surface area contributed by atoms with Crippen molar-refractivity contribution >= 4 is 0 Å². The second-order valence-electron chi connectivity index (χ2n) is 2.81. The SMILES string of the molecule is FN(F)[N+](F)(F)F.[O-]C(C(F)(F)F)(C(F)(F)F)C(F)(F)F. The van der Waals surface area contributed by atoms with Crippen molar-refractivity contribution in [2.75, 3.05) is 0 Å². The van der Waals surface area contributed by atoms with Crippen LogP contribution in [-0.2, 0) is 0 Å². The predicted octanol–water partition coefficient (Wildman–Crippen LogP) is 3.22. The summed E-state index contributed by atoms with van der Waals surface area (Å²) in [6.07, 6.45) is -20.9. The molecule has 17 heteroatoms. The molecule has 0 bridgehead atoms. The van der Waals surface area contributed by atoms with Crippen molar-refractivity contribution in [3.05, 3.63) is 0 Å². The molecule has 0 rings (SSSR count). The highest BCUT2D eigenvalue weighted by atomic mass is 19.6. The Morgan fingerprint density at radius 2 is 0.762 bits per heavy atom. The molecule has 0 saturated heterocycles. The normalized spacial score (nSPS) is 14.9. The second kappa shape index (κ2) is 5.95. The quantitative estimate of drug-likeness (QED) is 0.409. The molecule has 0 unspecified atom stereocenters. The third-order valence-corrected chi connectivity index (χ3v) is 1.37. The van der Waals surface area contributed by atoms with E-state index in [9.17, 15) is 67.0 Å². The van der Waals surface area contributed by atoms with Gasteiger partial charge in [0.25, 0.3) is 0 Å². The monoisotopic (exact) mass is 358 g/mol. The van der Waals surface area contributed by atoms with E-state index in [2.05, 4.69) is 0 Å². The smallest absolute Gasteiger partial charge is 0.397 e. The van der Waals surface area contributed by atoms with Crippen LogP contribution in [0.25, 0.3) is 0 Å². The summed E-state index contributed by atoms with van der Waals surface area (Å²) in [6, 6.07) is 0. The molecule has 0 amide bonds. The summed E-state index contributed by atoms with van der Waals surface area (Å²) in [5.41, 5.74) is -9.81. The summed E-state index contributed by atoms with van der Waals surface area (Å²) < 4.78 is 153. The fraction of sp³-hybridized carbons (Fsp3) is 1.00. The molecule has 0 aromatic heterocycles. The van der Waals surface area contributed by atoms with Gasteiger partial charge in [-0.2, -0.15) is 39.5 Å². The molecule has 0 aromatic rings. The topological polar surface area (TPSA) is 26.3 Å². The van der Waals surface area contributed by atoms with Crippen LogP contribution < -0.4 is 5.11 Å². The summed E-state index contributed by atoms with van der Waals surface area (Å²) in [4.78, 5) is 0. The Labute approximate surface area is 103 Å². The van der Waals surface area contributed by atoms with Crippen LogP contribution in [-0.4, -0.2) is 34.8 Å². The predicted molar refractivity (Wildman–Crippen MR) is 28.5 cm³/mol. The van der Waals surface area contributed by atoms with Gasteiger partial charge in [-0.3, -0.25) is 0 Å². The number of quaternary nitrogens is 1. The first-order valence-electron chi connectivity index (χ1n) is 3.70. The average Bonchev–Trinajstić information content (AvgIpc) is 2.10. The number of nitrogens with zero attached hydrogens (tertiary/aromatic N) is 2. The minimum Gasteiger partial charge on any atom is -0.830 e. The van der Waals surface area contributed by atoms with E-state index in [-0.39, 0.29) is 0 Å². The Bertz CT molecular complexity index is 284. The van der Waals surface area contributed by atoms with Crippen molar-refractivity contribution in [1.82, 2.24) is 5.45 Å². The van der Waals surface area contributed by atoms with Crippen molar-refractivity contribution in [1.29, 1.82) is 0 Å². The van der Waals surface area contributed by atoms with Gasteiger partial charge in [0.15, 0.2) is 5.60 Å². The highest BCUT2D eigenvalue weighted by molar-refractivity contribution is 4.98. The zero-order chi connectivity index (χ0) is 18.1. The lowest BCUT2D eigenvalue weighted by molar-refractivity contribution is -1.37. The zero-order valence-corrected chi connectivity index (χ0v) is 8.59. The first-order valence-corrected chi connectivity index (χ1v) is 3.70. The van der Waals surface area contributed by atoms with E-state index < -0.39 is 34.8 Å². The van der Waals surface area contributed by atoms with Crippen molar-refractivity contribution in [3.8, 4) is 0 Å². The van der Waals surface area contributed by atoms with Crippen LogP contribution in [0.4, 0.5) is 61.9 Å². The third kappa shape index (κ3) is 5.30. The van der Waals surface area contributed by atoms with Crippen LogP contribution >= 0.6 is 0 Å². The Morgan fingerprint density at radius 1 is 0.619 bits per heavy atom. The van der Waals surface area contributed by atoms with Gasteiger partial charge in [-0.25, -0.2) is 0 Å². The van der Waals surface area contributed by atoms with E-state index >= 15 is 0 Å². The van der Waals surface area contributed by atoms with E-state index in [0.717, 1.165) is 0 Å². The molecule has 0 aromatic carbocycles. The minimum atomic E-state index is -6.98.